The van der Waals surface area contributed by atoms with Crippen LogP contribution in [0.2, 0.25) is 5.02 Å². The first-order valence-electron chi connectivity index (χ1n) is 10.6. The summed E-state index contributed by atoms with van der Waals surface area (Å²) < 4.78 is 30.6. The minimum atomic E-state index is -0.399. The number of imide groups is 1. The first-order chi connectivity index (χ1) is 16.9. The highest BCUT2D eigenvalue weighted by Gasteiger charge is 2.34. The molecule has 9 heteroatoms. The van der Waals surface area contributed by atoms with Gasteiger partial charge in [0.2, 0.25) is 0 Å². The Morgan fingerprint density at radius 2 is 1.77 bits per heavy atom. The lowest BCUT2D eigenvalue weighted by Crippen LogP contribution is -2.32. The molecule has 0 aliphatic carbocycles. The zero-order valence-corrected chi connectivity index (χ0v) is 20.3. The Labute approximate surface area is 211 Å². The number of halogens is 2. The minimum absolute atomic E-state index is 0.0105. The number of carbonyl (C=O) groups excluding carboxylic acids is 2. The van der Waals surface area contributed by atoms with E-state index in [1.165, 1.54) is 13.2 Å². The van der Waals surface area contributed by atoms with Gasteiger partial charge in [0.1, 0.15) is 24.8 Å². The minimum Gasteiger partial charge on any atom is -0.493 e. The van der Waals surface area contributed by atoms with Gasteiger partial charge in [0.05, 0.1) is 18.6 Å². The third-order valence-electron chi connectivity index (χ3n) is 5.10. The lowest BCUT2D eigenvalue weighted by molar-refractivity contribution is -0.123. The van der Waals surface area contributed by atoms with Crippen LogP contribution in [-0.4, -0.2) is 36.3 Å². The molecule has 0 spiro atoms. The smallest absolute Gasteiger partial charge is 0.293 e. The Morgan fingerprint density at radius 3 is 2.51 bits per heavy atom. The third-order valence-corrected chi connectivity index (χ3v) is 6.26. The number of benzene rings is 3. The van der Waals surface area contributed by atoms with Gasteiger partial charge in [-0.3, -0.25) is 14.5 Å². The van der Waals surface area contributed by atoms with Crippen molar-refractivity contribution in [2.24, 2.45) is 0 Å². The van der Waals surface area contributed by atoms with E-state index in [9.17, 15) is 14.0 Å². The molecule has 1 aliphatic rings. The molecule has 4 rings (SSSR count). The number of rotatable bonds is 9. The van der Waals surface area contributed by atoms with Gasteiger partial charge in [0.15, 0.2) is 11.5 Å². The molecule has 0 atom stereocenters. The first-order valence-corrected chi connectivity index (χ1v) is 11.8. The van der Waals surface area contributed by atoms with Crippen molar-refractivity contribution in [2.75, 3.05) is 20.3 Å². The van der Waals surface area contributed by atoms with Crippen LogP contribution in [0.1, 0.15) is 11.1 Å². The van der Waals surface area contributed by atoms with Crippen LogP contribution < -0.4 is 14.2 Å². The molecule has 6 nitrogen and oxygen atoms in total. The average molecular weight is 514 g/mol. The van der Waals surface area contributed by atoms with Crippen LogP contribution in [0.3, 0.4) is 0 Å². The van der Waals surface area contributed by atoms with Gasteiger partial charge in [0, 0.05) is 10.6 Å². The van der Waals surface area contributed by atoms with E-state index in [2.05, 4.69) is 0 Å². The van der Waals surface area contributed by atoms with E-state index >= 15 is 0 Å². The Balaban J connectivity index is 1.43. The lowest BCUT2D eigenvalue weighted by atomic mass is 10.1. The molecule has 0 bridgehead atoms. The number of carbonyl (C=O) groups is 2. The van der Waals surface area contributed by atoms with Crippen LogP contribution in [0.25, 0.3) is 6.08 Å². The summed E-state index contributed by atoms with van der Waals surface area (Å²) in [5.74, 6) is 0.685. The molecule has 0 radical (unpaired) electrons. The predicted octanol–water partition coefficient (Wildman–Crippen LogP) is 6.18. The molecular formula is C26H21ClFNO5S. The molecule has 1 heterocycles. The molecule has 1 aliphatic heterocycles. The van der Waals surface area contributed by atoms with Crippen LogP contribution in [0.4, 0.5) is 9.18 Å². The number of hydrogen-bond acceptors (Lipinski definition) is 6. The number of amides is 2. The maximum atomic E-state index is 13.9. The zero-order chi connectivity index (χ0) is 24.8. The molecule has 3 aromatic carbocycles. The zero-order valence-electron chi connectivity index (χ0n) is 18.7. The Kier molecular flexibility index (Phi) is 7.94. The summed E-state index contributed by atoms with van der Waals surface area (Å²) in [5.41, 5.74) is 1.04. The Morgan fingerprint density at radius 1 is 1.00 bits per heavy atom. The number of thioether (sulfide) groups is 1. The molecule has 0 unspecified atom stereocenters. The van der Waals surface area contributed by atoms with E-state index in [1.54, 1.807) is 66.7 Å². The molecule has 0 N–H and O–H groups in total. The van der Waals surface area contributed by atoms with E-state index < -0.39 is 5.91 Å². The lowest BCUT2D eigenvalue weighted by Gasteiger charge is -2.13. The largest absolute Gasteiger partial charge is 0.493 e. The summed E-state index contributed by atoms with van der Waals surface area (Å²) in [6.07, 6.45) is 1.61. The molecule has 1 fully saturated rings. The Bertz CT molecular complexity index is 1260. The molecule has 35 heavy (non-hydrogen) atoms. The van der Waals surface area contributed by atoms with Crippen LogP contribution in [0, 0.1) is 5.82 Å². The van der Waals surface area contributed by atoms with Crippen molar-refractivity contribution in [3.63, 3.8) is 0 Å². The quantitative estimate of drug-likeness (QED) is 0.318. The summed E-state index contributed by atoms with van der Waals surface area (Å²) >= 11 is 6.71. The van der Waals surface area contributed by atoms with Crippen molar-refractivity contribution < 1.29 is 28.2 Å². The van der Waals surface area contributed by atoms with E-state index in [4.69, 9.17) is 25.8 Å². The highest BCUT2D eigenvalue weighted by molar-refractivity contribution is 8.18. The maximum Gasteiger partial charge on any atom is 0.293 e. The van der Waals surface area contributed by atoms with Crippen LogP contribution in [-0.2, 0) is 11.4 Å². The normalized spacial score (nSPS) is 14.5. The standard InChI is InChI=1S/C26H21ClFNO5S/c1-32-22-11-6-17(14-23(22)34-16-18-4-2-3-5-21(18)28)15-24-25(30)29(26(31)35-24)12-13-33-20-9-7-19(27)8-10-20/h2-11,14-15H,12-13,16H2,1H3/b24-15-. The fourth-order valence-corrected chi connectivity index (χ4v) is 4.29. The van der Waals surface area contributed by atoms with Gasteiger partial charge in [0.25, 0.3) is 11.1 Å². The summed E-state index contributed by atoms with van der Waals surface area (Å²) in [5, 5.41) is 0.221. The van der Waals surface area contributed by atoms with Gasteiger partial charge in [-0.2, -0.15) is 0 Å². The van der Waals surface area contributed by atoms with E-state index in [0.29, 0.717) is 33.4 Å². The second-order valence-corrected chi connectivity index (χ2v) is 8.86. The topological polar surface area (TPSA) is 65.1 Å². The van der Waals surface area contributed by atoms with Crippen LogP contribution >= 0.6 is 23.4 Å². The molecule has 1 saturated heterocycles. The first kappa shape index (κ1) is 24.6. The number of ether oxygens (including phenoxy) is 3. The van der Waals surface area contributed by atoms with E-state index in [1.807, 2.05) is 0 Å². The number of hydrogen-bond donors (Lipinski definition) is 0. The highest BCUT2D eigenvalue weighted by atomic mass is 35.5. The SMILES string of the molecule is COc1ccc(/C=C2\SC(=O)N(CCOc3ccc(Cl)cc3)C2=O)cc1OCc1ccccc1F. The van der Waals surface area contributed by atoms with Crippen molar-refractivity contribution in [3.8, 4) is 17.2 Å². The van der Waals surface area contributed by atoms with Gasteiger partial charge in [-0.25, -0.2) is 4.39 Å². The van der Waals surface area contributed by atoms with Crippen molar-refractivity contribution in [2.45, 2.75) is 6.61 Å². The third kappa shape index (κ3) is 6.15. The molecule has 2 amide bonds. The summed E-state index contributed by atoms with van der Waals surface area (Å²) in [4.78, 5) is 26.6. The second-order valence-electron chi connectivity index (χ2n) is 7.43. The second kappa shape index (κ2) is 11.3. The highest BCUT2D eigenvalue weighted by Crippen LogP contribution is 2.35. The van der Waals surface area contributed by atoms with Gasteiger partial charge in [-0.1, -0.05) is 35.9 Å². The van der Waals surface area contributed by atoms with Crippen molar-refractivity contribution in [3.05, 3.63) is 93.6 Å². The van der Waals surface area contributed by atoms with Gasteiger partial charge in [-0.15, -0.1) is 0 Å². The molecule has 0 aromatic heterocycles. The molecular weight excluding hydrogens is 493 g/mol. The van der Waals surface area contributed by atoms with Gasteiger partial charge >= 0.3 is 0 Å². The van der Waals surface area contributed by atoms with Crippen molar-refractivity contribution in [1.82, 2.24) is 4.90 Å². The van der Waals surface area contributed by atoms with E-state index in [-0.39, 0.29) is 35.7 Å². The Hall–Kier alpha value is -3.49. The monoisotopic (exact) mass is 513 g/mol. The van der Waals surface area contributed by atoms with Crippen molar-refractivity contribution in [1.29, 1.82) is 0 Å². The van der Waals surface area contributed by atoms with Crippen LogP contribution in [0.15, 0.2) is 71.6 Å². The summed E-state index contributed by atoms with van der Waals surface area (Å²) in [7, 11) is 1.50. The maximum absolute atomic E-state index is 13.9. The fourth-order valence-electron chi connectivity index (χ4n) is 3.30. The molecule has 180 valence electrons. The molecule has 0 saturated carbocycles. The summed E-state index contributed by atoms with van der Waals surface area (Å²) in [6, 6.07) is 18.3. The summed E-state index contributed by atoms with van der Waals surface area (Å²) in [6.45, 7) is 0.282. The number of methoxy groups -OCH3 is 1. The fraction of sp³-hybridized carbons (Fsp3) is 0.154. The van der Waals surface area contributed by atoms with Gasteiger partial charge < -0.3 is 14.2 Å². The van der Waals surface area contributed by atoms with E-state index in [0.717, 1.165) is 16.7 Å². The van der Waals surface area contributed by atoms with Crippen LogP contribution in [0.5, 0.6) is 17.2 Å². The van der Waals surface area contributed by atoms with Gasteiger partial charge in [-0.05, 0) is 65.9 Å². The average Bonchev–Trinajstić information content (AvgIpc) is 3.12. The number of nitrogens with zero attached hydrogens (tertiary/aromatic N) is 1. The molecule has 3 aromatic rings. The predicted molar refractivity (Wildman–Crippen MR) is 133 cm³/mol. The van der Waals surface area contributed by atoms with Crippen molar-refractivity contribution >= 4 is 40.6 Å².